The number of rotatable bonds is 3. The molecule has 0 atom stereocenters. The van der Waals surface area contributed by atoms with Gasteiger partial charge < -0.3 is 5.32 Å². The summed E-state index contributed by atoms with van der Waals surface area (Å²) in [5.41, 5.74) is 4.63. The number of amides is 1. The maximum atomic E-state index is 11.7. The number of pyridine rings is 1. The summed E-state index contributed by atoms with van der Waals surface area (Å²) >= 11 is 1.58. The zero-order valence-electron chi connectivity index (χ0n) is 12.3. The van der Waals surface area contributed by atoms with Crippen molar-refractivity contribution in [2.24, 2.45) is 0 Å². The van der Waals surface area contributed by atoms with Crippen molar-refractivity contribution in [1.29, 1.82) is 0 Å². The van der Waals surface area contributed by atoms with Gasteiger partial charge in [-0.15, -0.1) is 11.3 Å². The van der Waals surface area contributed by atoms with Gasteiger partial charge in [-0.25, -0.2) is 4.98 Å². The number of benzene rings is 1. The third kappa shape index (κ3) is 2.76. The van der Waals surface area contributed by atoms with Gasteiger partial charge in [0.25, 0.3) is 5.91 Å². The molecule has 1 aromatic carbocycles. The van der Waals surface area contributed by atoms with E-state index in [1.807, 2.05) is 42.8 Å². The van der Waals surface area contributed by atoms with Crippen LogP contribution in [0.1, 0.15) is 15.9 Å². The van der Waals surface area contributed by atoms with Crippen LogP contribution >= 0.6 is 11.3 Å². The van der Waals surface area contributed by atoms with Crippen LogP contribution in [0.4, 0.5) is 0 Å². The Morgan fingerprint density at radius 1 is 1.27 bits per heavy atom. The lowest BCUT2D eigenvalue weighted by Gasteiger charge is -2.02. The minimum absolute atomic E-state index is 0.0968. The van der Waals surface area contributed by atoms with Crippen LogP contribution in [-0.4, -0.2) is 22.9 Å². The maximum Gasteiger partial charge on any atom is 0.251 e. The van der Waals surface area contributed by atoms with Gasteiger partial charge in [0.1, 0.15) is 5.01 Å². The minimum Gasteiger partial charge on any atom is -0.355 e. The quantitative estimate of drug-likeness (QED) is 0.805. The Labute approximate surface area is 132 Å². The van der Waals surface area contributed by atoms with Crippen LogP contribution in [0.2, 0.25) is 0 Å². The van der Waals surface area contributed by atoms with Crippen LogP contribution in [0.25, 0.3) is 21.8 Å². The van der Waals surface area contributed by atoms with Gasteiger partial charge in [0.05, 0.1) is 5.69 Å². The van der Waals surface area contributed by atoms with Gasteiger partial charge in [-0.1, -0.05) is 12.1 Å². The number of aromatic nitrogens is 2. The largest absolute Gasteiger partial charge is 0.355 e. The van der Waals surface area contributed by atoms with E-state index in [2.05, 4.69) is 15.3 Å². The molecule has 0 unspecified atom stereocenters. The number of nitrogens with one attached hydrogen (secondary N) is 1. The number of thiazole rings is 1. The summed E-state index contributed by atoms with van der Waals surface area (Å²) < 4.78 is 0. The first-order valence-electron chi connectivity index (χ1n) is 6.88. The van der Waals surface area contributed by atoms with Gasteiger partial charge in [-0.3, -0.25) is 9.78 Å². The van der Waals surface area contributed by atoms with E-state index in [0.29, 0.717) is 5.56 Å². The second-order valence-corrected chi connectivity index (χ2v) is 5.75. The van der Waals surface area contributed by atoms with Gasteiger partial charge >= 0.3 is 0 Å². The van der Waals surface area contributed by atoms with E-state index in [0.717, 1.165) is 27.4 Å². The molecule has 0 fully saturated rings. The third-order valence-electron chi connectivity index (χ3n) is 3.42. The van der Waals surface area contributed by atoms with Crippen molar-refractivity contribution in [1.82, 2.24) is 15.3 Å². The van der Waals surface area contributed by atoms with Crippen LogP contribution in [0.15, 0.2) is 48.1 Å². The zero-order valence-corrected chi connectivity index (χ0v) is 13.1. The van der Waals surface area contributed by atoms with Crippen molar-refractivity contribution in [3.8, 4) is 21.8 Å². The summed E-state index contributed by atoms with van der Waals surface area (Å²) in [6.07, 6.45) is 3.61. The van der Waals surface area contributed by atoms with Gasteiger partial charge in [0, 0.05) is 41.5 Å². The van der Waals surface area contributed by atoms with Gasteiger partial charge in [0.2, 0.25) is 0 Å². The van der Waals surface area contributed by atoms with E-state index in [9.17, 15) is 4.79 Å². The lowest BCUT2D eigenvalue weighted by molar-refractivity contribution is 0.0963. The molecule has 22 heavy (non-hydrogen) atoms. The molecule has 0 bridgehead atoms. The standard InChI is InChI=1S/C17H15N3OS/c1-11-6-7-19-9-14(11)17-20-15(10-22-17)12-4-3-5-13(8-12)16(21)18-2/h3-10H,1-2H3,(H,18,21). The van der Waals surface area contributed by atoms with Crippen molar-refractivity contribution < 1.29 is 4.79 Å². The molecule has 2 aromatic heterocycles. The van der Waals surface area contributed by atoms with Crippen molar-refractivity contribution in [3.63, 3.8) is 0 Å². The first-order chi connectivity index (χ1) is 10.7. The second-order valence-electron chi connectivity index (χ2n) is 4.89. The molecule has 4 nitrogen and oxygen atoms in total. The molecule has 3 rings (SSSR count). The molecule has 5 heteroatoms. The number of hydrogen-bond donors (Lipinski definition) is 1. The van der Waals surface area contributed by atoms with Crippen LogP contribution in [0.3, 0.4) is 0 Å². The topological polar surface area (TPSA) is 54.9 Å². The molecule has 110 valence electrons. The summed E-state index contributed by atoms with van der Waals surface area (Å²) in [7, 11) is 1.63. The van der Waals surface area contributed by atoms with Gasteiger partial charge in [0.15, 0.2) is 0 Å². The highest BCUT2D eigenvalue weighted by Gasteiger charge is 2.10. The Morgan fingerprint density at radius 3 is 2.91 bits per heavy atom. The molecule has 0 spiro atoms. The summed E-state index contributed by atoms with van der Waals surface area (Å²) in [6, 6.07) is 9.45. The summed E-state index contributed by atoms with van der Waals surface area (Å²) in [4.78, 5) is 20.6. The van der Waals surface area contributed by atoms with E-state index in [1.165, 1.54) is 0 Å². The molecule has 1 N–H and O–H groups in total. The van der Waals surface area contributed by atoms with Crippen molar-refractivity contribution >= 4 is 17.2 Å². The molecule has 0 aliphatic carbocycles. The van der Waals surface area contributed by atoms with E-state index in [1.54, 1.807) is 30.6 Å². The van der Waals surface area contributed by atoms with Gasteiger partial charge in [-0.05, 0) is 30.7 Å². The van der Waals surface area contributed by atoms with E-state index < -0.39 is 0 Å². The van der Waals surface area contributed by atoms with Crippen LogP contribution in [0, 0.1) is 6.92 Å². The van der Waals surface area contributed by atoms with E-state index in [-0.39, 0.29) is 5.91 Å². The monoisotopic (exact) mass is 309 g/mol. The molecule has 3 aromatic rings. The fourth-order valence-electron chi connectivity index (χ4n) is 2.18. The number of carbonyl (C=O) groups is 1. The number of nitrogens with zero attached hydrogens (tertiary/aromatic N) is 2. The first kappa shape index (κ1) is 14.4. The average Bonchev–Trinajstić information content (AvgIpc) is 3.04. The Kier molecular flexibility index (Phi) is 3.98. The molecular weight excluding hydrogens is 294 g/mol. The minimum atomic E-state index is -0.0968. The number of aryl methyl sites for hydroxylation is 1. The Balaban J connectivity index is 1.98. The second kappa shape index (κ2) is 6.07. The average molecular weight is 309 g/mol. The molecule has 0 saturated carbocycles. The molecule has 0 saturated heterocycles. The fourth-order valence-corrected chi connectivity index (χ4v) is 3.09. The normalized spacial score (nSPS) is 10.5. The van der Waals surface area contributed by atoms with Crippen molar-refractivity contribution in [2.75, 3.05) is 7.05 Å². The van der Waals surface area contributed by atoms with E-state index >= 15 is 0 Å². The SMILES string of the molecule is CNC(=O)c1cccc(-c2csc(-c3cnccc3C)n2)c1. The highest BCUT2D eigenvalue weighted by Crippen LogP contribution is 2.30. The van der Waals surface area contributed by atoms with Gasteiger partial charge in [-0.2, -0.15) is 0 Å². The molecule has 2 heterocycles. The molecule has 1 amide bonds. The third-order valence-corrected chi connectivity index (χ3v) is 4.30. The van der Waals surface area contributed by atoms with Crippen molar-refractivity contribution in [2.45, 2.75) is 6.92 Å². The predicted molar refractivity (Wildman–Crippen MR) is 88.9 cm³/mol. The molecule has 0 radical (unpaired) electrons. The lowest BCUT2D eigenvalue weighted by atomic mass is 10.1. The number of carbonyl (C=O) groups excluding carboxylic acids is 1. The summed E-state index contributed by atoms with van der Waals surface area (Å²) in [5, 5.41) is 5.57. The Hall–Kier alpha value is -2.53. The van der Waals surface area contributed by atoms with E-state index in [4.69, 9.17) is 0 Å². The molecule has 0 aliphatic rings. The zero-order chi connectivity index (χ0) is 15.5. The smallest absolute Gasteiger partial charge is 0.251 e. The highest BCUT2D eigenvalue weighted by molar-refractivity contribution is 7.13. The van der Waals surface area contributed by atoms with Crippen LogP contribution < -0.4 is 5.32 Å². The highest BCUT2D eigenvalue weighted by atomic mass is 32.1. The summed E-state index contributed by atoms with van der Waals surface area (Å²) in [6.45, 7) is 2.05. The molecule has 0 aliphatic heterocycles. The van der Waals surface area contributed by atoms with Crippen LogP contribution in [0.5, 0.6) is 0 Å². The summed E-state index contributed by atoms with van der Waals surface area (Å²) in [5.74, 6) is -0.0968. The molecular formula is C17H15N3OS. The fraction of sp³-hybridized carbons (Fsp3) is 0.118. The Bertz CT molecular complexity index is 826. The predicted octanol–water partition coefficient (Wildman–Crippen LogP) is 3.54. The lowest BCUT2D eigenvalue weighted by Crippen LogP contribution is -2.17. The Morgan fingerprint density at radius 2 is 2.14 bits per heavy atom. The van der Waals surface area contributed by atoms with Crippen molar-refractivity contribution in [3.05, 3.63) is 59.2 Å². The first-order valence-corrected chi connectivity index (χ1v) is 7.76. The van der Waals surface area contributed by atoms with Crippen LogP contribution in [-0.2, 0) is 0 Å². The maximum absolute atomic E-state index is 11.7. The number of hydrogen-bond acceptors (Lipinski definition) is 4.